The summed E-state index contributed by atoms with van der Waals surface area (Å²) in [6.45, 7) is 6.81. The van der Waals surface area contributed by atoms with Crippen LogP contribution in [0.3, 0.4) is 0 Å². The molecular formula is C15H29NO. The minimum atomic E-state index is 0.870. The van der Waals surface area contributed by atoms with Crippen molar-refractivity contribution in [3.05, 3.63) is 0 Å². The lowest BCUT2D eigenvalue weighted by Crippen LogP contribution is -2.29. The van der Waals surface area contributed by atoms with Crippen LogP contribution in [0.15, 0.2) is 0 Å². The van der Waals surface area contributed by atoms with Gasteiger partial charge in [-0.2, -0.15) is 0 Å². The number of hydrogen-bond acceptors (Lipinski definition) is 2. The van der Waals surface area contributed by atoms with Gasteiger partial charge in [-0.3, -0.25) is 0 Å². The second kappa shape index (κ2) is 7.38. The smallest absolute Gasteiger partial charge is 0.0469 e. The molecule has 0 atom stereocenters. The lowest BCUT2D eigenvalue weighted by atomic mass is 9.81. The predicted octanol–water partition coefficient (Wildman–Crippen LogP) is 3.22. The topological polar surface area (TPSA) is 21.3 Å². The first-order chi connectivity index (χ1) is 8.34. The molecule has 0 bridgehead atoms. The monoisotopic (exact) mass is 239 g/mol. The van der Waals surface area contributed by atoms with Gasteiger partial charge in [0.1, 0.15) is 0 Å². The van der Waals surface area contributed by atoms with E-state index < -0.39 is 0 Å². The average molecular weight is 239 g/mol. The van der Waals surface area contributed by atoms with Crippen molar-refractivity contribution in [2.45, 2.75) is 51.9 Å². The standard InChI is InChI=1S/C15H29NO/c1-13-2-4-14(5-3-13)6-9-16-12-15-7-10-17-11-8-15/h13-16H,2-12H2,1H3. The van der Waals surface area contributed by atoms with Gasteiger partial charge in [0.2, 0.25) is 0 Å². The van der Waals surface area contributed by atoms with Gasteiger partial charge in [-0.1, -0.05) is 32.6 Å². The van der Waals surface area contributed by atoms with Crippen molar-refractivity contribution < 1.29 is 4.74 Å². The minimum Gasteiger partial charge on any atom is -0.381 e. The SMILES string of the molecule is CC1CCC(CCNCC2CCOCC2)CC1. The van der Waals surface area contributed by atoms with E-state index in [0.717, 1.165) is 31.0 Å². The highest BCUT2D eigenvalue weighted by molar-refractivity contribution is 4.72. The number of hydrogen-bond donors (Lipinski definition) is 1. The normalized spacial score (nSPS) is 31.6. The van der Waals surface area contributed by atoms with Crippen LogP contribution in [-0.4, -0.2) is 26.3 Å². The van der Waals surface area contributed by atoms with Gasteiger partial charge in [0.25, 0.3) is 0 Å². The van der Waals surface area contributed by atoms with Gasteiger partial charge in [-0.15, -0.1) is 0 Å². The van der Waals surface area contributed by atoms with Gasteiger partial charge >= 0.3 is 0 Å². The Bertz CT molecular complexity index is 193. The van der Waals surface area contributed by atoms with E-state index in [-0.39, 0.29) is 0 Å². The van der Waals surface area contributed by atoms with Crippen LogP contribution in [0.25, 0.3) is 0 Å². The first-order valence-electron chi connectivity index (χ1n) is 7.63. The summed E-state index contributed by atoms with van der Waals surface area (Å²) in [5, 5.41) is 3.66. The molecule has 1 N–H and O–H groups in total. The van der Waals surface area contributed by atoms with Crippen LogP contribution in [0, 0.1) is 17.8 Å². The summed E-state index contributed by atoms with van der Waals surface area (Å²) in [5.41, 5.74) is 0. The summed E-state index contributed by atoms with van der Waals surface area (Å²) in [6.07, 6.45) is 9.79. The quantitative estimate of drug-likeness (QED) is 0.744. The van der Waals surface area contributed by atoms with Gasteiger partial charge in [0.15, 0.2) is 0 Å². The van der Waals surface area contributed by atoms with Gasteiger partial charge in [0.05, 0.1) is 0 Å². The number of nitrogens with one attached hydrogen (secondary N) is 1. The maximum atomic E-state index is 5.38. The van der Waals surface area contributed by atoms with Crippen LogP contribution in [0.2, 0.25) is 0 Å². The molecule has 0 aromatic rings. The molecule has 1 saturated carbocycles. The summed E-state index contributed by atoms with van der Waals surface area (Å²) >= 11 is 0. The van der Waals surface area contributed by atoms with Crippen LogP contribution in [-0.2, 0) is 4.74 Å². The van der Waals surface area contributed by atoms with Crippen LogP contribution in [0.4, 0.5) is 0 Å². The third kappa shape index (κ3) is 4.97. The second-order valence-electron chi connectivity index (χ2n) is 6.17. The van der Waals surface area contributed by atoms with E-state index in [1.165, 1.54) is 58.0 Å². The van der Waals surface area contributed by atoms with Gasteiger partial charge in [-0.05, 0) is 50.1 Å². The Hall–Kier alpha value is -0.0800. The van der Waals surface area contributed by atoms with E-state index in [0.29, 0.717) is 0 Å². The molecule has 1 saturated heterocycles. The van der Waals surface area contributed by atoms with Crippen molar-refractivity contribution in [2.24, 2.45) is 17.8 Å². The highest BCUT2D eigenvalue weighted by Gasteiger charge is 2.18. The third-order valence-electron chi connectivity index (χ3n) is 4.64. The molecule has 1 heterocycles. The second-order valence-corrected chi connectivity index (χ2v) is 6.17. The van der Waals surface area contributed by atoms with Gasteiger partial charge < -0.3 is 10.1 Å². The zero-order chi connectivity index (χ0) is 11.9. The zero-order valence-corrected chi connectivity index (χ0v) is 11.4. The van der Waals surface area contributed by atoms with Crippen molar-refractivity contribution in [1.29, 1.82) is 0 Å². The first kappa shape index (κ1) is 13.4. The van der Waals surface area contributed by atoms with E-state index in [2.05, 4.69) is 12.2 Å². The summed E-state index contributed by atoms with van der Waals surface area (Å²) < 4.78 is 5.38. The molecule has 2 rings (SSSR count). The lowest BCUT2D eigenvalue weighted by Gasteiger charge is -2.27. The maximum Gasteiger partial charge on any atom is 0.0469 e. The summed E-state index contributed by atoms with van der Waals surface area (Å²) in [6, 6.07) is 0. The summed E-state index contributed by atoms with van der Waals surface area (Å²) in [5.74, 6) is 2.87. The van der Waals surface area contributed by atoms with Crippen molar-refractivity contribution >= 4 is 0 Å². The Morgan fingerprint density at radius 2 is 1.65 bits per heavy atom. The van der Waals surface area contributed by atoms with Crippen molar-refractivity contribution in [1.82, 2.24) is 5.32 Å². The minimum absolute atomic E-state index is 0.870. The molecule has 2 nitrogen and oxygen atoms in total. The molecule has 0 radical (unpaired) electrons. The Labute approximate surface area is 107 Å². The fourth-order valence-corrected chi connectivity index (χ4v) is 3.18. The van der Waals surface area contributed by atoms with E-state index in [4.69, 9.17) is 4.74 Å². The summed E-state index contributed by atoms with van der Waals surface area (Å²) in [4.78, 5) is 0. The van der Waals surface area contributed by atoms with Crippen LogP contribution < -0.4 is 5.32 Å². The molecule has 17 heavy (non-hydrogen) atoms. The Morgan fingerprint density at radius 3 is 2.35 bits per heavy atom. The Kier molecular flexibility index (Phi) is 5.79. The Morgan fingerprint density at radius 1 is 0.941 bits per heavy atom. The number of ether oxygens (including phenoxy) is 1. The highest BCUT2D eigenvalue weighted by Crippen LogP contribution is 2.29. The fraction of sp³-hybridized carbons (Fsp3) is 1.00. The molecule has 0 aromatic heterocycles. The van der Waals surface area contributed by atoms with Crippen molar-refractivity contribution in [3.63, 3.8) is 0 Å². The molecule has 1 aliphatic carbocycles. The molecule has 0 unspecified atom stereocenters. The van der Waals surface area contributed by atoms with Crippen molar-refractivity contribution in [3.8, 4) is 0 Å². The lowest BCUT2D eigenvalue weighted by molar-refractivity contribution is 0.0662. The molecule has 2 heteroatoms. The van der Waals surface area contributed by atoms with E-state index in [1.54, 1.807) is 0 Å². The van der Waals surface area contributed by atoms with Gasteiger partial charge in [0, 0.05) is 13.2 Å². The molecule has 2 aliphatic rings. The first-order valence-corrected chi connectivity index (χ1v) is 7.63. The van der Waals surface area contributed by atoms with E-state index >= 15 is 0 Å². The maximum absolute atomic E-state index is 5.38. The average Bonchev–Trinajstić information content (AvgIpc) is 2.38. The van der Waals surface area contributed by atoms with Gasteiger partial charge in [-0.25, -0.2) is 0 Å². The molecule has 2 fully saturated rings. The predicted molar refractivity (Wildman–Crippen MR) is 72.2 cm³/mol. The van der Waals surface area contributed by atoms with Crippen molar-refractivity contribution in [2.75, 3.05) is 26.3 Å². The molecule has 1 aliphatic heterocycles. The van der Waals surface area contributed by atoms with Crippen LogP contribution >= 0.6 is 0 Å². The molecule has 100 valence electrons. The van der Waals surface area contributed by atoms with Crippen LogP contribution in [0.5, 0.6) is 0 Å². The largest absolute Gasteiger partial charge is 0.381 e. The Balaban J connectivity index is 1.48. The van der Waals surface area contributed by atoms with E-state index in [9.17, 15) is 0 Å². The molecule has 0 aromatic carbocycles. The summed E-state index contributed by atoms with van der Waals surface area (Å²) in [7, 11) is 0. The van der Waals surface area contributed by atoms with Crippen LogP contribution in [0.1, 0.15) is 51.9 Å². The number of rotatable bonds is 5. The molecule has 0 amide bonds. The molecule has 0 spiro atoms. The zero-order valence-electron chi connectivity index (χ0n) is 11.4. The molecular weight excluding hydrogens is 210 g/mol. The van der Waals surface area contributed by atoms with E-state index in [1.807, 2.05) is 0 Å². The highest BCUT2D eigenvalue weighted by atomic mass is 16.5. The third-order valence-corrected chi connectivity index (χ3v) is 4.64. The fourth-order valence-electron chi connectivity index (χ4n) is 3.18.